The zero-order chi connectivity index (χ0) is 11.1. The summed E-state index contributed by atoms with van der Waals surface area (Å²) in [5.41, 5.74) is 9.31. The van der Waals surface area contributed by atoms with Gasteiger partial charge in [-0.05, 0) is 43.4 Å². The van der Waals surface area contributed by atoms with E-state index in [0.717, 1.165) is 17.7 Å². The Kier molecular flexibility index (Phi) is 2.47. The van der Waals surface area contributed by atoms with Crippen LogP contribution in [-0.4, -0.2) is 11.7 Å². The van der Waals surface area contributed by atoms with Crippen molar-refractivity contribution in [3.8, 4) is 5.75 Å². The molecule has 1 saturated carbocycles. The van der Waals surface area contributed by atoms with Crippen molar-refractivity contribution in [2.45, 2.75) is 38.5 Å². The van der Waals surface area contributed by atoms with E-state index in [9.17, 15) is 5.11 Å². The van der Waals surface area contributed by atoms with Gasteiger partial charge in [0, 0.05) is 12.0 Å². The standard InChI is InChI=1S/C13H19NO/c1-9-6-11(7-10(2)12(9)15)13(8-14)4-3-5-13/h6-7,15H,3-5,8,14H2,1-2H3. The van der Waals surface area contributed by atoms with E-state index >= 15 is 0 Å². The quantitative estimate of drug-likeness (QED) is 0.778. The van der Waals surface area contributed by atoms with Crippen molar-refractivity contribution in [3.05, 3.63) is 28.8 Å². The fourth-order valence-corrected chi connectivity index (χ4v) is 2.48. The molecule has 0 aromatic heterocycles. The number of hydrogen-bond acceptors (Lipinski definition) is 2. The highest BCUT2D eigenvalue weighted by atomic mass is 16.3. The van der Waals surface area contributed by atoms with Crippen LogP contribution in [0.15, 0.2) is 12.1 Å². The van der Waals surface area contributed by atoms with Gasteiger partial charge in [0.1, 0.15) is 5.75 Å². The Hall–Kier alpha value is -1.02. The van der Waals surface area contributed by atoms with Gasteiger partial charge in [-0.3, -0.25) is 0 Å². The topological polar surface area (TPSA) is 46.2 Å². The molecule has 0 amide bonds. The number of benzene rings is 1. The predicted molar refractivity (Wildman–Crippen MR) is 62.2 cm³/mol. The molecule has 0 spiro atoms. The van der Waals surface area contributed by atoms with Crippen LogP contribution in [0.5, 0.6) is 5.75 Å². The molecule has 2 rings (SSSR count). The fourth-order valence-electron chi connectivity index (χ4n) is 2.48. The lowest BCUT2D eigenvalue weighted by Crippen LogP contribution is -2.41. The van der Waals surface area contributed by atoms with Crippen LogP contribution in [0, 0.1) is 13.8 Å². The minimum atomic E-state index is 0.198. The third-order valence-electron chi connectivity index (χ3n) is 3.80. The Morgan fingerprint density at radius 3 is 2.13 bits per heavy atom. The summed E-state index contributed by atoms with van der Waals surface area (Å²) >= 11 is 0. The van der Waals surface area contributed by atoms with Crippen LogP contribution in [0.2, 0.25) is 0 Å². The fraction of sp³-hybridized carbons (Fsp3) is 0.538. The van der Waals surface area contributed by atoms with Crippen molar-refractivity contribution in [2.24, 2.45) is 5.73 Å². The maximum atomic E-state index is 9.73. The molecule has 1 aliphatic rings. The molecular weight excluding hydrogens is 186 g/mol. The molecule has 1 aromatic carbocycles. The minimum absolute atomic E-state index is 0.198. The summed E-state index contributed by atoms with van der Waals surface area (Å²) < 4.78 is 0. The maximum absolute atomic E-state index is 9.73. The van der Waals surface area contributed by atoms with E-state index in [-0.39, 0.29) is 5.41 Å². The predicted octanol–water partition coefficient (Wildman–Crippen LogP) is 2.39. The van der Waals surface area contributed by atoms with Gasteiger partial charge in [-0.15, -0.1) is 0 Å². The summed E-state index contributed by atoms with van der Waals surface area (Å²) in [6.45, 7) is 4.63. The van der Waals surface area contributed by atoms with Gasteiger partial charge in [-0.25, -0.2) is 0 Å². The smallest absolute Gasteiger partial charge is 0.121 e. The maximum Gasteiger partial charge on any atom is 0.121 e. The van der Waals surface area contributed by atoms with E-state index in [1.165, 1.54) is 24.8 Å². The molecule has 2 heteroatoms. The van der Waals surface area contributed by atoms with Crippen LogP contribution in [0.4, 0.5) is 0 Å². The average Bonchev–Trinajstić information content (AvgIpc) is 2.13. The molecule has 0 bridgehead atoms. The highest BCUT2D eigenvalue weighted by molar-refractivity contribution is 5.45. The lowest BCUT2D eigenvalue weighted by molar-refractivity contribution is 0.252. The van der Waals surface area contributed by atoms with Crippen LogP contribution >= 0.6 is 0 Å². The monoisotopic (exact) mass is 205 g/mol. The van der Waals surface area contributed by atoms with E-state index in [1.54, 1.807) is 0 Å². The second-order valence-corrected chi connectivity index (χ2v) is 4.80. The molecule has 2 nitrogen and oxygen atoms in total. The van der Waals surface area contributed by atoms with E-state index in [2.05, 4.69) is 12.1 Å². The van der Waals surface area contributed by atoms with Crippen LogP contribution in [0.25, 0.3) is 0 Å². The Balaban J connectivity index is 2.45. The number of aryl methyl sites for hydroxylation is 2. The molecular formula is C13H19NO. The third kappa shape index (κ3) is 1.53. The first kappa shape index (κ1) is 10.5. The highest BCUT2D eigenvalue weighted by Gasteiger charge is 2.37. The van der Waals surface area contributed by atoms with Crippen molar-refractivity contribution in [2.75, 3.05) is 6.54 Å². The Morgan fingerprint density at radius 1 is 1.27 bits per heavy atom. The van der Waals surface area contributed by atoms with Gasteiger partial charge in [0.25, 0.3) is 0 Å². The molecule has 1 aliphatic carbocycles. The molecule has 15 heavy (non-hydrogen) atoms. The van der Waals surface area contributed by atoms with Crippen LogP contribution in [0.1, 0.15) is 36.0 Å². The summed E-state index contributed by atoms with van der Waals surface area (Å²) in [4.78, 5) is 0. The van der Waals surface area contributed by atoms with Gasteiger partial charge in [-0.1, -0.05) is 18.6 Å². The van der Waals surface area contributed by atoms with Crippen LogP contribution in [0.3, 0.4) is 0 Å². The molecule has 0 saturated heterocycles. The molecule has 0 atom stereocenters. The lowest BCUT2D eigenvalue weighted by atomic mass is 9.64. The van der Waals surface area contributed by atoms with E-state index < -0.39 is 0 Å². The van der Waals surface area contributed by atoms with Crippen LogP contribution in [-0.2, 0) is 5.41 Å². The summed E-state index contributed by atoms with van der Waals surface area (Å²) in [6.07, 6.45) is 3.65. The molecule has 82 valence electrons. The Labute approximate surface area is 91.1 Å². The number of aromatic hydroxyl groups is 1. The normalized spacial score (nSPS) is 18.6. The summed E-state index contributed by atoms with van der Waals surface area (Å²) in [5, 5.41) is 9.73. The molecule has 0 aliphatic heterocycles. The zero-order valence-corrected chi connectivity index (χ0v) is 9.51. The van der Waals surface area contributed by atoms with Crippen molar-refractivity contribution >= 4 is 0 Å². The SMILES string of the molecule is Cc1cc(C2(CN)CCC2)cc(C)c1O. The Morgan fingerprint density at radius 2 is 1.80 bits per heavy atom. The Bertz CT molecular complexity index is 352. The van der Waals surface area contributed by atoms with Crippen LogP contribution < -0.4 is 5.73 Å². The number of phenolic OH excluding ortho intramolecular Hbond substituents is 1. The van der Waals surface area contributed by atoms with Gasteiger partial charge in [0.05, 0.1) is 0 Å². The average molecular weight is 205 g/mol. The van der Waals surface area contributed by atoms with Gasteiger partial charge >= 0.3 is 0 Å². The number of rotatable bonds is 2. The number of nitrogens with two attached hydrogens (primary N) is 1. The molecule has 1 fully saturated rings. The largest absolute Gasteiger partial charge is 0.507 e. The van der Waals surface area contributed by atoms with Crippen molar-refractivity contribution < 1.29 is 5.11 Å². The first-order valence-corrected chi connectivity index (χ1v) is 5.60. The molecule has 1 aromatic rings. The molecule has 0 unspecified atom stereocenters. The second-order valence-electron chi connectivity index (χ2n) is 4.80. The van der Waals surface area contributed by atoms with Crippen molar-refractivity contribution in [3.63, 3.8) is 0 Å². The van der Waals surface area contributed by atoms with E-state index in [4.69, 9.17) is 5.73 Å². The summed E-state index contributed by atoms with van der Waals surface area (Å²) in [6, 6.07) is 4.18. The molecule has 0 heterocycles. The molecule has 0 radical (unpaired) electrons. The first-order valence-electron chi connectivity index (χ1n) is 5.60. The van der Waals surface area contributed by atoms with Gasteiger partial charge in [0.2, 0.25) is 0 Å². The zero-order valence-electron chi connectivity index (χ0n) is 9.51. The lowest BCUT2D eigenvalue weighted by Gasteiger charge is -2.42. The van der Waals surface area contributed by atoms with Crippen molar-refractivity contribution in [1.82, 2.24) is 0 Å². The van der Waals surface area contributed by atoms with Gasteiger partial charge in [0.15, 0.2) is 0 Å². The van der Waals surface area contributed by atoms with E-state index in [1.807, 2.05) is 13.8 Å². The second kappa shape index (κ2) is 3.53. The number of hydrogen-bond donors (Lipinski definition) is 2. The summed E-state index contributed by atoms with van der Waals surface area (Å²) in [5.74, 6) is 0.422. The minimum Gasteiger partial charge on any atom is -0.507 e. The number of phenols is 1. The third-order valence-corrected chi connectivity index (χ3v) is 3.80. The molecule has 3 N–H and O–H groups in total. The highest BCUT2D eigenvalue weighted by Crippen LogP contribution is 2.44. The summed E-state index contributed by atoms with van der Waals surface area (Å²) in [7, 11) is 0. The van der Waals surface area contributed by atoms with Gasteiger partial charge in [-0.2, -0.15) is 0 Å². The first-order chi connectivity index (χ1) is 7.09. The van der Waals surface area contributed by atoms with Crippen molar-refractivity contribution in [1.29, 1.82) is 0 Å². The van der Waals surface area contributed by atoms with Gasteiger partial charge < -0.3 is 10.8 Å². The van der Waals surface area contributed by atoms with E-state index in [0.29, 0.717) is 5.75 Å².